The number of halogens is 2. The summed E-state index contributed by atoms with van der Waals surface area (Å²) in [6, 6.07) is 2.14. The first kappa shape index (κ1) is 14.1. The summed E-state index contributed by atoms with van der Waals surface area (Å²) >= 11 is 0. The summed E-state index contributed by atoms with van der Waals surface area (Å²) in [4.78, 5) is 12.9. The maximum atomic E-state index is 13.3. The molecular weight excluding hydrogens is 242 g/mol. The molecule has 4 nitrogen and oxygen atoms in total. The second kappa shape index (κ2) is 6.70. The minimum atomic E-state index is -0.729. The van der Waals surface area contributed by atoms with Crippen molar-refractivity contribution in [1.29, 1.82) is 0 Å². The van der Waals surface area contributed by atoms with E-state index in [0.29, 0.717) is 0 Å². The SMILES string of the molecule is C=CCN(CCO)C(=O)Nc1cc(F)ccc1F. The molecule has 2 N–H and O–H groups in total. The lowest BCUT2D eigenvalue weighted by Crippen LogP contribution is -2.37. The molecule has 0 aliphatic rings. The van der Waals surface area contributed by atoms with E-state index < -0.39 is 17.7 Å². The van der Waals surface area contributed by atoms with Gasteiger partial charge >= 0.3 is 6.03 Å². The molecule has 0 atom stereocenters. The van der Waals surface area contributed by atoms with E-state index in [0.717, 1.165) is 18.2 Å². The van der Waals surface area contributed by atoms with Crippen molar-refractivity contribution in [2.45, 2.75) is 0 Å². The first-order chi connectivity index (χ1) is 8.58. The fourth-order valence-electron chi connectivity index (χ4n) is 1.34. The smallest absolute Gasteiger partial charge is 0.322 e. The van der Waals surface area contributed by atoms with E-state index in [1.54, 1.807) is 0 Å². The van der Waals surface area contributed by atoms with Gasteiger partial charge in [0.2, 0.25) is 0 Å². The van der Waals surface area contributed by atoms with Crippen LogP contribution in [-0.4, -0.2) is 35.7 Å². The van der Waals surface area contributed by atoms with Gasteiger partial charge in [0.15, 0.2) is 0 Å². The largest absolute Gasteiger partial charge is 0.395 e. The van der Waals surface area contributed by atoms with Crippen LogP contribution in [0.15, 0.2) is 30.9 Å². The molecule has 0 aliphatic heterocycles. The maximum absolute atomic E-state index is 13.3. The number of rotatable bonds is 5. The molecule has 0 unspecified atom stereocenters. The molecule has 2 amide bonds. The zero-order valence-electron chi connectivity index (χ0n) is 9.70. The van der Waals surface area contributed by atoms with E-state index in [2.05, 4.69) is 11.9 Å². The van der Waals surface area contributed by atoms with Gasteiger partial charge in [-0.2, -0.15) is 0 Å². The monoisotopic (exact) mass is 256 g/mol. The Hall–Kier alpha value is -1.95. The van der Waals surface area contributed by atoms with Gasteiger partial charge in [-0.15, -0.1) is 6.58 Å². The second-order valence-corrected chi connectivity index (χ2v) is 3.51. The summed E-state index contributed by atoms with van der Waals surface area (Å²) < 4.78 is 26.2. The van der Waals surface area contributed by atoms with Crippen molar-refractivity contribution in [3.63, 3.8) is 0 Å². The van der Waals surface area contributed by atoms with Gasteiger partial charge in [0.25, 0.3) is 0 Å². The van der Waals surface area contributed by atoms with E-state index in [4.69, 9.17) is 5.11 Å². The van der Waals surface area contributed by atoms with Crippen LogP contribution in [0.2, 0.25) is 0 Å². The highest BCUT2D eigenvalue weighted by Gasteiger charge is 2.14. The molecule has 0 fully saturated rings. The Labute approximate surface area is 104 Å². The van der Waals surface area contributed by atoms with Crippen LogP contribution in [0.25, 0.3) is 0 Å². The first-order valence-electron chi connectivity index (χ1n) is 5.31. The van der Waals surface area contributed by atoms with Crippen LogP contribution in [0, 0.1) is 11.6 Å². The molecular formula is C12H14F2N2O2. The number of amides is 2. The molecule has 98 valence electrons. The fraction of sp³-hybridized carbons (Fsp3) is 0.250. The second-order valence-electron chi connectivity index (χ2n) is 3.51. The molecule has 1 aromatic carbocycles. The fourth-order valence-corrected chi connectivity index (χ4v) is 1.34. The lowest BCUT2D eigenvalue weighted by Gasteiger charge is -2.20. The molecule has 6 heteroatoms. The Bertz CT molecular complexity index is 438. The van der Waals surface area contributed by atoms with Gasteiger partial charge in [-0.05, 0) is 12.1 Å². The van der Waals surface area contributed by atoms with Gasteiger partial charge < -0.3 is 15.3 Å². The third kappa shape index (κ3) is 3.81. The molecule has 0 radical (unpaired) electrons. The highest BCUT2D eigenvalue weighted by Crippen LogP contribution is 2.15. The van der Waals surface area contributed by atoms with Crippen molar-refractivity contribution in [2.24, 2.45) is 0 Å². The Balaban J connectivity index is 2.78. The normalized spacial score (nSPS) is 9.94. The van der Waals surface area contributed by atoms with Gasteiger partial charge in [-0.1, -0.05) is 6.08 Å². The predicted octanol–water partition coefficient (Wildman–Crippen LogP) is 1.98. The summed E-state index contributed by atoms with van der Waals surface area (Å²) in [7, 11) is 0. The summed E-state index contributed by atoms with van der Waals surface area (Å²) in [6.45, 7) is 3.51. The number of hydrogen-bond donors (Lipinski definition) is 2. The Morgan fingerprint density at radius 1 is 1.50 bits per heavy atom. The lowest BCUT2D eigenvalue weighted by atomic mass is 10.3. The highest BCUT2D eigenvalue weighted by atomic mass is 19.1. The van der Waals surface area contributed by atoms with Crippen LogP contribution in [-0.2, 0) is 0 Å². The molecule has 1 rings (SSSR count). The molecule has 1 aromatic rings. The van der Waals surface area contributed by atoms with Crippen molar-refractivity contribution < 1.29 is 18.7 Å². The van der Waals surface area contributed by atoms with E-state index in [9.17, 15) is 13.6 Å². The molecule has 0 saturated carbocycles. The van der Waals surface area contributed by atoms with Gasteiger partial charge in [0.05, 0.1) is 12.3 Å². The quantitative estimate of drug-likeness (QED) is 0.791. The van der Waals surface area contributed by atoms with Gasteiger partial charge in [0, 0.05) is 19.2 Å². The minimum Gasteiger partial charge on any atom is -0.395 e. The molecule has 0 heterocycles. The maximum Gasteiger partial charge on any atom is 0.322 e. The number of carbonyl (C=O) groups excluding carboxylic acids is 1. The summed E-state index contributed by atoms with van der Waals surface area (Å²) in [5, 5.41) is 11.0. The Morgan fingerprint density at radius 2 is 2.22 bits per heavy atom. The van der Waals surface area contributed by atoms with Crippen LogP contribution >= 0.6 is 0 Å². The van der Waals surface area contributed by atoms with E-state index in [1.807, 2.05) is 0 Å². The number of urea groups is 1. The topological polar surface area (TPSA) is 52.6 Å². The minimum absolute atomic E-state index is 0.0782. The molecule has 0 spiro atoms. The number of nitrogens with one attached hydrogen (secondary N) is 1. The predicted molar refractivity (Wildman–Crippen MR) is 64.2 cm³/mol. The number of hydrogen-bond acceptors (Lipinski definition) is 2. The number of anilines is 1. The molecule has 0 saturated heterocycles. The highest BCUT2D eigenvalue weighted by molar-refractivity contribution is 5.89. The molecule has 0 aromatic heterocycles. The third-order valence-electron chi connectivity index (χ3n) is 2.18. The van der Waals surface area contributed by atoms with Crippen molar-refractivity contribution in [2.75, 3.05) is 25.0 Å². The number of carbonyl (C=O) groups is 1. The van der Waals surface area contributed by atoms with Crippen molar-refractivity contribution in [3.05, 3.63) is 42.5 Å². The van der Waals surface area contributed by atoms with E-state index in [-0.39, 0.29) is 25.4 Å². The van der Waals surface area contributed by atoms with Crippen molar-refractivity contribution in [1.82, 2.24) is 4.90 Å². The van der Waals surface area contributed by atoms with Crippen molar-refractivity contribution >= 4 is 11.7 Å². The Kier molecular flexibility index (Phi) is 5.26. The zero-order valence-corrected chi connectivity index (χ0v) is 9.70. The summed E-state index contributed by atoms with van der Waals surface area (Å²) in [5.74, 6) is -1.38. The van der Waals surface area contributed by atoms with Gasteiger partial charge in [-0.3, -0.25) is 0 Å². The number of nitrogens with zero attached hydrogens (tertiary/aromatic N) is 1. The standard InChI is InChI=1S/C12H14F2N2O2/c1-2-5-16(6-7-17)12(18)15-11-8-9(13)3-4-10(11)14/h2-4,8,17H,1,5-7H2,(H,15,18). The number of aliphatic hydroxyl groups is 1. The summed E-state index contributed by atoms with van der Waals surface area (Å²) in [5.41, 5.74) is -0.244. The van der Waals surface area contributed by atoms with Crippen LogP contribution < -0.4 is 5.32 Å². The molecule has 0 bridgehead atoms. The van der Waals surface area contributed by atoms with Crippen LogP contribution in [0.1, 0.15) is 0 Å². The van der Waals surface area contributed by atoms with Gasteiger partial charge in [0.1, 0.15) is 11.6 Å². The molecule has 18 heavy (non-hydrogen) atoms. The average Bonchev–Trinajstić information content (AvgIpc) is 2.33. The van der Waals surface area contributed by atoms with Crippen LogP contribution in [0.3, 0.4) is 0 Å². The third-order valence-corrected chi connectivity index (χ3v) is 2.18. The summed E-state index contributed by atoms with van der Waals surface area (Å²) in [6.07, 6.45) is 1.47. The Morgan fingerprint density at radius 3 is 2.83 bits per heavy atom. The van der Waals surface area contributed by atoms with Crippen LogP contribution in [0.4, 0.5) is 19.3 Å². The van der Waals surface area contributed by atoms with Gasteiger partial charge in [-0.25, -0.2) is 13.6 Å². The molecule has 0 aliphatic carbocycles. The number of aliphatic hydroxyl groups excluding tert-OH is 1. The van der Waals surface area contributed by atoms with E-state index in [1.165, 1.54) is 11.0 Å². The van der Waals surface area contributed by atoms with Crippen LogP contribution in [0.5, 0.6) is 0 Å². The lowest BCUT2D eigenvalue weighted by molar-refractivity contribution is 0.195. The first-order valence-corrected chi connectivity index (χ1v) is 5.31. The van der Waals surface area contributed by atoms with E-state index >= 15 is 0 Å². The number of benzene rings is 1. The zero-order chi connectivity index (χ0) is 13.5. The van der Waals surface area contributed by atoms with Crippen molar-refractivity contribution in [3.8, 4) is 0 Å². The average molecular weight is 256 g/mol.